The van der Waals surface area contributed by atoms with Crippen LogP contribution >= 0.6 is 0 Å². The van der Waals surface area contributed by atoms with E-state index in [2.05, 4.69) is 109 Å². The zero-order chi connectivity index (χ0) is 28.3. The fraction of sp³-hybridized carbons (Fsp3) is 0. The van der Waals surface area contributed by atoms with Gasteiger partial charge in [0, 0.05) is 27.5 Å². The first-order valence-corrected chi connectivity index (χ1v) is 14.4. The van der Waals surface area contributed by atoms with Gasteiger partial charge in [-0.1, -0.05) is 115 Å². The van der Waals surface area contributed by atoms with Gasteiger partial charge in [0.25, 0.3) is 0 Å². The highest BCUT2D eigenvalue weighted by molar-refractivity contribution is 6.12. The Bertz CT molecular complexity index is 2540. The van der Waals surface area contributed by atoms with Gasteiger partial charge in [0.2, 0.25) is 0 Å². The van der Waals surface area contributed by atoms with Gasteiger partial charge in [-0.3, -0.25) is 0 Å². The van der Waals surface area contributed by atoms with E-state index in [0.717, 1.165) is 49.4 Å². The first-order valence-electron chi connectivity index (χ1n) is 14.4. The molecule has 43 heavy (non-hydrogen) atoms. The molecule has 0 N–H and O–H groups in total. The molecule has 9 aromatic rings. The molecule has 4 heteroatoms. The molecular formula is C39H24N3O-. The SMILES string of the molecule is [H-].c1ccc2cc(-c3nc(-c4ccc5c(ccc6ccccc65)c4)nc(-c4cccc5oc6ccccc6c45)n3)ccc2c1. The van der Waals surface area contributed by atoms with E-state index in [1.54, 1.807) is 0 Å². The number of nitrogens with zero attached hydrogens (tertiary/aromatic N) is 3. The van der Waals surface area contributed by atoms with Crippen molar-refractivity contribution in [3.8, 4) is 34.2 Å². The zero-order valence-corrected chi connectivity index (χ0v) is 23.0. The van der Waals surface area contributed by atoms with Gasteiger partial charge in [-0.2, -0.15) is 0 Å². The third-order valence-corrected chi connectivity index (χ3v) is 8.29. The quantitative estimate of drug-likeness (QED) is 0.205. The Balaban J connectivity index is 0.00000289. The van der Waals surface area contributed by atoms with Crippen molar-refractivity contribution in [1.82, 2.24) is 15.0 Å². The van der Waals surface area contributed by atoms with Gasteiger partial charge >= 0.3 is 0 Å². The lowest BCUT2D eigenvalue weighted by Crippen LogP contribution is -2.00. The van der Waals surface area contributed by atoms with Crippen LogP contribution in [-0.2, 0) is 0 Å². The van der Waals surface area contributed by atoms with Crippen LogP contribution in [0.1, 0.15) is 1.43 Å². The molecule has 0 fully saturated rings. The maximum Gasteiger partial charge on any atom is 0.164 e. The number of hydrogen-bond donors (Lipinski definition) is 0. The Kier molecular flexibility index (Phi) is 5.16. The average molecular weight is 551 g/mol. The van der Waals surface area contributed by atoms with Gasteiger partial charge in [0.1, 0.15) is 11.2 Å². The van der Waals surface area contributed by atoms with E-state index < -0.39 is 0 Å². The van der Waals surface area contributed by atoms with Crippen molar-refractivity contribution < 1.29 is 5.84 Å². The molecule has 0 aliphatic rings. The van der Waals surface area contributed by atoms with Gasteiger partial charge in [-0.05, 0) is 56.6 Å². The maximum atomic E-state index is 6.20. The fourth-order valence-electron chi connectivity index (χ4n) is 6.20. The van der Waals surface area contributed by atoms with E-state index in [1.165, 1.54) is 21.5 Å². The summed E-state index contributed by atoms with van der Waals surface area (Å²) in [6, 6.07) is 48.2. The van der Waals surface area contributed by atoms with Crippen molar-refractivity contribution in [1.29, 1.82) is 0 Å². The standard InChI is InChI=1S/C39H23N3O.H/c1-2-10-26-22-28(19-16-24(26)8-1)37-40-38(29-20-21-31-27(23-29)18-17-25-9-3-4-11-30(25)31)42-39(41-37)33-13-7-15-35-36(33)32-12-5-6-14-34(32)43-35;/h1-23H;/q;-1. The largest absolute Gasteiger partial charge is 1.00 e. The first kappa shape index (κ1) is 23.8. The summed E-state index contributed by atoms with van der Waals surface area (Å²) in [4.78, 5) is 15.2. The summed E-state index contributed by atoms with van der Waals surface area (Å²) in [7, 11) is 0. The van der Waals surface area contributed by atoms with Crippen LogP contribution in [0.2, 0.25) is 0 Å². The molecule has 2 aromatic heterocycles. The van der Waals surface area contributed by atoms with Crippen molar-refractivity contribution in [3.05, 3.63) is 140 Å². The van der Waals surface area contributed by atoms with Gasteiger partial charge in [-0.25, -0.2) is 15.0 Å². The molecule has 0 aliphatic carbocycles. The fourth-order valence-corrected chi connectivity index (χ4v) is 6.20. The minimum Gasteiger partial charge on any atom is -1.00 e. The second-order valence-corrected chi connectivity index (χ2v) is 10.9. The van der Waals surface area contributed by atoms with E-state index in [-0.39, 0.29) is 1.43 Å². The van der Waals surface area contributed by atoms with Crippen molar-refractivity contribution in [3.63, 3.8) is 0 Å². The van der Waals surface area contributed by atoms with Crippen LogP contribution in [0, 0.1) is 0 Å². The Morgan fingerprint density at radius 3 is 1.84 bits per heavy atom. The highest BCUT2D eigenvalue weighted by Gasteiger charge is 2.18. The topological polar surface area (TPSA) is 51.8 Å². The number of hydrogen-bond acceptors (Lipinski definition) is 4. The van der Waals surface area contributed by atoms with Crippen LogP contribution in [0.25, 0.3) is 88.4 Å². The van der Waals surface area contributed by atoms with Crippen molar-refractivity contribution in [2.24, 2.45) is 0 Å². The predicted molar refractivity (Wildman–Crippen MR) is 177 cm³/mol. The monoisotopic (exact) mass is 550 g/mol. The van der Waals surface area contributed by atoms with Crippen LogP contribution in [0.5, 0.6) is 0 Å². The summed E-state index contributed by atoms with van der Waals surface area (Å²) in [5.41, 5.74) is 4.46. The van der Waals surface area contributed by atoms with Gasteiger partial charge < -0.3 is 5.84 Å². The minimum atomic E-state index is 0. The molecule has 0 amide bonds. The number of furan rings is 1. The van der Waals surface area contributed by atoms with E-state index in [9.17, 15) is 0 Å². The molecule has 0 atom stereocenters. The second kappa shape index (κ2) is 9.33. The van der Waals surface area contributed by atoms with Crippen molar-refractivity contribution in [2.75, 3.05) is 0 Å². The lowest BCUT2D eigenvalue weighted by Gasteiger charge is -2.11. The normalized spacial score (nSPS) is 11.7. The number of aromatic nitrogens is 3. The van der Waals surface area contributed by atoms with E-state index >= 15 is 0 Å². The smallest absolute Gasteiger partial charge is 0.164 e. The second-order valence-electron chi connectivity index (χ2n) is 10.9. The van der Waals surface area contributed by atoms with Crippen molar-refractivity contribution in [2.45, 2.75) is 0 Å². The molecule has 0 unspecified atom stereocenters. The van der Waals surface area contributed by atoms with Crippen molar-refractivity contribution >= 4 is 54.3 Å². The molecule has 2 heterocycles. The molecule has 7 aromatic carbocycles. The molecule has 9 rings (SSSR count). The van der Waals surface area contributed by atoms with Gasteiger partial charge in [0.15, 0.2) is 17.5 Å². The highest BCUT2D eigenvalue weighted by Crippen LogP contribution is 2.37. The summed E-state index contributed by atoms with van der Waals surface area (Å²) < 4.78 is 6.20. The molecule has 202 valence electrons. The van der Waals surface area contributed by atoms with Crippen LogP contribution in [0.4, 0.5) is 0 Å². The summed E-state index contributed by atoms with van der Waals surface area (Å²) in [6.45, 7) is 0. The molecule has 0 saturated carbocycles. The van der Waals surface area contributed by atoms with Crippen LogP contribution in [0.15, 0.2) is 144 Å². The predicted octanol–water partition coefficient (Wildman–Crippen LogP) is 10.3. The molecular weight excluding hydrogens is 526 g/mol. The Labute approximate surface area is 248 Å². The Morgan fingerprint density at radius 1 is 0.395 bits per heavy atom. The minimum absolute atomic E-state index is 0. The van der Waals surface area contributed by atoms with E-state index in [1.807, 2.05) is 30.3 Å². The number of fused-ring (bicyclic) bond motifs is 7. The zero-order valence-electron chi connectivity index (χ0n) is 24.0. The molecule has 0 saturated heterocycles. The third-order valence-electron chi connectivity index (χ3n) is 8.29. The summed E-state index contributed by atoms with van der Waals surface area (Å²) in [5, 5.41) is 9.18. The molecule has 0 bridgehead atoms. The van der Waals surface area contributed by atoms with E-state index in [0.29, 0.717) is 17.5 Å². The van der Waals surface area contributed by atoms with Crippen LogP contribution in [0.3, 0.4) is 0 Å². The summed E-state index contributed by atoms with van der Waals surface area (Å²) in [6.07, 6.45) is 0. The van der Waals surface area contributed by atoms with Gasteiger partial charge in [0.05, 0.1) is 0 Å². The average Bonchev–Trinajstić information content (AvgIpc) is 3.46. The molecule has 0 spiro atoms. The lowest BCUT2D eigenvalue weighted by atomic mass is 10.00. The lowest BCUT2D eigenvalue weighted by molar-refractivity contribution is 0.669. The van der Waals surface area contributed by atoms with Gasteiger partial charge in [-0.15, -0.1) is 0 Å². The summed E-state index contributed by atoms with van der Waals surface area (Å²) in [5.74, 6) is 1.88. The Morgan fingerprint density at radius 2 is 0.977 bits per heavy atom. The van der Waals surface area contributed by atoms with Crippen LogP contribution in [-0.4, -0.2) is 15.0 Å². The molecule has 0 aliphatic heterocycles. The van der Waals surface area contributed by atoms with E-state index in [4.69, 9.17) is 19.4 Å². The maximum absolute atomic E-state index is 6.20. The third kappa shape index (κ3) is 3.88. The number of para-hydroxylation sites is 1. The first-order chi connectivity index (χ1) is 21.3. The molecule has 4 nitrogen and oxygen atoms in total. The summed E-state index contributed by atoms with van der Waals surface area (Å²) >= 11 is 0. The van der Waals surface area contributed by atoms with Crippen LogP contribution < -0.4 is 0 Å². The molecule has 0 radical (unpaired) electrons. The highest BCUT2D eigenvalue weighted by atomic mass is 16.3. The Hall–Kier alpha value is -5.87. The number of rotatable bonds is 3. The number of benzene rings is 7.